The number of fused-ring (bicyclic) bond motifs is 1. The van der Waals surface area contributed by atoms with Crippen molar-refractivity contribution < 1.29 is 38.4 Å². The fourth-order valence-corrected chi connectivity index (χ4v) is 7.91. The largest absolute Gasteiger partial charge is 0.370 e. The second kappa shape index (κ2) is 25.5. The number of primary amides is 1. The first-order chi connectivity index (χ1) is 33.0. The van der Waals surface area contributed by atoms with Gasteiger partial charge in [-0.05, 0) is 78.8 Å². The number of hydrogen-bond acceptors (Lipinski definition) is 10. The van der Waals surface area contributed by atoms with Crippen molar-refractivity contribution in [1.29, 1.82) is 0 Å². The number of guanidine groups is 1. The van der Waals surface area contributed by atoms with Crippen LogP contribution in [-0.2, 0) is 57.6 Å². The Bertz CT molecular complexity index is 2510. The Labute approximate surface area is 404 Å². The van der Waals surface area contributed by atoms with Crippen LogP contribution < -0.4 is 49.1 Å². The predicted molar refractivity (Wildman–Crippen MR) is 259 cm³/mol. The normalized spacial score (nSPS) is 15.3. The first-order valence-corrected chi connectivity index (χ1v) is 22.9. The molecule has 8 amide bonds. The van der Waals surface area contributed by atoms with Gasteiger partial charge in [-0.15, -0.1) is 0 Å². The van der Waals surface area contributed by atoms with Gasteiger partial charge < -0.3 is 54.0 Å². The predicted octanol–water partition coefficient (Wildman–Crippen LogP) is 0.0260. The molecule has 1 aliphatic heterocycles. The molecule has 1 fully saturated rings. The second-order valence-electron chi connectivity index (χ2n) is 16.7. The van der Waals surface area contributed by atoms with Crippen molar-refractivity contribution >= 4 is 75.6 Å². The molecular weight excluding hydrogens is 908 g/mol. The maximum Gasteiger partial charge on any atom is 0.245 e. The Morgan fingerprint density at radius 2 is 1.38 bits per heavy atom. The number of likely N-dealkylation sites (tertiary alicyclic amines) is 1. The number of carbonyl (C=O) groups excluding carboxylic acids is 8. The van der Waals surface area contributed by atoms with Gasteiger partial charge >= 0.3 is 0 Å². The number of pyridine rings is 1. The highest BCUT2D eigenvalue weighted by atomic mass is 35.5. The number of nitrogens with one attached hydrogen (secondary N) is 6. The molecule has 69 heavy (non-hydrogen) atoms. The summed E-state index contributed by atoms with van der Waals surface area (Å²) >= 11 is 6.16. The van der Waals surface area contributed by atoms with Crippen molar-refractivity contribution in [3.63, 3.8) is 0 Å². The molecule has 0 saturated carbocycles. The van der Waals surface area contributed by atoms with Crippen LogP contribution in [0.1, 0.15) is 56.4 Å². The molecule has 1 aromatic heterocycles. The number of nitrogens with two attached hydrogens (primary N) is 3. The molecule has 0 aliphatic carbocycles. The summed E-state index contributed by atoms with van der Waals surface area (Å²) < 4.78 is 0. The summed E-state index contributed by atoms with van der Waals surface area (Å²) in [5, 5.41) is 18.3. The van der Waals surface area contributed by atoms with Gasteiger partial charge in [0.1, 0.15) is 36.3 Å². The molecule has 21 heteroatoms. The third kappa shape index (κ3) is 16.3. The zero-order valence-corrected chi connectivity index (χ0v) is 39.2. The molecule has 0 bridgehead atoms. The first-order valence-electron chi connectivity index (χ1n) is 22.5. The highest BCUT2D eigenvalue weighted by Gasteiger charge is 2.38. The molecule has 12 N–H and O–H groups in total. The first kappa shape index (κ1) is 52.4. The van der Waals surface area contributed by atoms with E-state index < -0.39 is 90.1 Å². The highest BCUT2D eigenvalue weighted by molar-refractivity contribution is 6.30. The topological polar surface area (TPSA) is 315 Å². The van der Waals surface area contributed by atoms with Gasteiger partial charge in [0.2, 0.25) is 47.3 Å². The van der Waals surface area contributed by atoms with Crippen LogP contribution in [0.25, 0.3) is 10.8 Å². The van der Waals surface area contributed by atoms with Crippen molar-refractivity contribution in [3.8, 4) is 0 Å². The van der Waals surface area contributed by atoms with Gasteiger partial charge in [-0.1, -0.05) is 72.3 Å². The number of rotatable bonds is 23. The van der Waals surface area contributed by atoms with Gasteiger partial charge in [0.25, 0.3) is 0 Å². The van der Waals surface area contributed by atoms with Gasteiger partial charge in [0, 0.05) is 56.2 Å². The molecule has 0 unspecified atom stereocenters. The minimum Gasteiger partial charge on any atom is -0.370 e. The molecule has 0 radical (unpaired) electrons. The molecule has 4 aromatic rings. The lowest BCUT2D eigenvalue weighted by molar-refractivity contribution is -0.142. The van der Waals surface area contributed by atoms with Crippen LogP contribution in [-0.4, -0.2) is 119 Å². The SMILES string of the molecule is CC(=O)N[C@@H](Cc1ccc2ccccc2c1)C(=O)N[C@H](Cc1ccc(Cl)cc1)C(=O)N[C@H](Cc1ccccn1)C(=O)NCC(=O)N[C@@H](CCCN=C(N)N)C(=O)N1CCC[C@@H]1C(=O)N[C@@H](C)C(N)=O. The number of benzene rings is 3. The van der Waals surface area contributed by atoms with Crippen molar-refractivity contribution in [2.45, 2.75) is 95.0 Å². The Balaban J connectivity index is 1.33. The molecule has 1 aliphatic rings. The molecule has 20 nitrogen and oxygen atoms in total. The average Bonchev–Trinajstić information content (AvgIpc) is 3.82. The van der Waals surface area contributed by atoms with E-state index in [1.165, 1.54) is 24.9 Å². The Morgan fingerprint density at radius 3 is 2.03 bits per heavy atom. The summed E-state index contributed by atoms with van der Waals surface area (Å²) in [5.41, 5.74) is 18.1. The lowest BCUT2D eigenvalue weighted by Gasteiger charge is -2.29. The Morgan fingerprint density at radius 1 is 0.739 bits per heavy atom. The molecule has 2 heterocycles. The zero-order chi connectivity index (χ0) is 50.0. The quantitative estimate of drug-likeness (QED) is 0.0271. The van der Waals surface area contributed by atoms with Crippen LogP contribution in [0.3, 0.4) is 0 Å². The van der Waals surface area contributed by atoms with Gasteiger partial charge in [-0.2, -0.15) is 0 Å². The average molecular weight is 968 g/mol. The molecule has 5 rings (SSSR count). The maximum absolute atomic E-state index is 14.4. The summed E-state index contributed by atoms with van der Waals surface area (Å²) in [6, 6.07) is 18.3. The van der Waals surface area contributed by atoms with E-state index in [0.717, 1.165) is 16.3 Å². The zero-order valence-electron chi connectivity index (χ0n) is 38.4. The van der Waals surface area contributed by atoms with Crippen molar-refractivity contribution in [2.75, 3.05) is 19.6 Å². The number of aromatic nitrogens is 1. The highest BCUT2D eigenvalue weighted by Crippen LogP contribution is 2.21. The third-order valence-corrected chi connectivity index (χ3v) is 11.6. The van der Waals surface area contributed by atoms with E-state index >= 15 is 0 Å². The van der Waals surface area contributed by atoms with Crippen LogP contribution in [0.5, 0.6) is 0 Å². The molecule has 1 saturated heterocycles. The summed E-state index contributed by atoms with van der Waals surface area (Å²) in [4.78, 5) is 117. The van der Waals surface area contributed by atoms with E-state index in [-0.39, 0.29) is 51.2 Å². The Hall–Kier alpha value is -7.61. The second-order valence-corrected chi connectivity index (χ2v) is 17.2. The lowest BCUT2D eigenvalue weighted by atomic mass is 10.00. The monoisotopic (exact) mass is 966 g/mol. The number of amides is 8. The summed E-state index contributed by atoms with van der Waals surface area (Å²) in [7, 11) is 0. The fourth-order valence-electron chi connectivity index (χ4n) is 7.78. The van der Waals surface area contributed by atoms with Crippen LogP contribution >= 0.6 is 11.6 Å². The number of halogens is 1. The standard InChI is InChI=1S/C48H59ClN12O8/c1-28(42(50)64)56-46(68)40-13-8-22-61(40)47(69)36(12-7-21-54-48(51)52)58-41(63)27-55-43(65)39(26-35-11-5-6-20-53-35)60-45(67)38(24-30-15-18-34(49)19-16-30)59-44(66)37(57-29(2)62)25-31-14-17-32-9-3-4-10-33(32)23-31/h3-6,9-11,14-20,23,28,36-40H,7-8,12-13,21-22,24-27H2,1-2H3,(H2,50,64)(H,55,65)(H,56,68)(H,57,62)(H,58,63)(H,59,66)(H,60,67)(H4,51,52,54)/t28-,36-,37-,38+,39+,40+/m0/s1. The van der Waals surface area contributed by atoms with Crippen LogP contribution in [0.2, 0.25) is 5.02 Å². The van der Waals surface area contributed by atoms with Crippen molar-refractivity contribution in [2.24, 2.45) is 22.2 Å². The third-order valence-electron chi connectivity index (χ3n) is 11.3. The summed E-state index contributed by atoms with van der Waals surface area (Å²) in [6.45, 7) is 2.40. The Kier molecular flexibility index (Phi) is 19.4. The van der Waals surface area contributed by atoms with Crippen LogP contribution in [0.4, 0.5) is 0 Å². The van der Waals surface area contributed by atoms with Gasteiger partial charge in [-0.25, -0.2) is 0 Å². The summed E-state index contributed by atoms with van der Waals surface area (Å²) in [6.07, 6.45) is 2.55. The van der Waals surface area contributed by atoms with Gasteiger partial charge in [0.15, 0.2) is 5.96 Å². The van der Waals surface area contributed by atoms with E-state index in [9.17, 15) is 38.4 Å². The van der Waals surface area contributed by atoms with E-state index in [2.05, 4.69) is 41.9 Å². The molecule has 6 atom stereocenters. The van der Waals surface area contributed by atoms with E-state index in [4.69, 9.17) is 28.8 Å². The van der Waals surface area contributed by atoms with Crippen LogP contribution in [0, 0.1) is 0 Å². The lowest BCUT2D eigenvalue weighted by Crippen LogP contribution is -2.58. The number of nitrogens with zero attached hydrogens (tertiary/aromatic N) is 3. The van der Waals surface area contributed by atoms with Gasteiger partial charge in [0.05, 0.1) is 6.54 Å². The number of hydrogen-bond donors (Lipinski definition) is 9. The molecule has 3 aromatic carbocycles. The minimum absolute atomic E-state index is 0.0415. The molecule has 0 spiro atoms. The van der Waals surface area contributed by atoms with E-state index in [1.807, 2.05) is 42.5 Å². The van der Waals surface area contributed by atoms with Crippen molar-refractivity contribution in [1.82, 2.24) is 41.8 Å². The van der Waals surface area contributed by atoms with Crippen molar-refractivity contribution in [3.05, 3.63) is 113 Å². The maximum atomic E-state index is 14.4. The minimum atomic E-state index is -1.34. The van der Waals surface area contributed by atoms with Crippen LogP contribution in [0.15, 0.2) is 96.1 Å². The van der Waals surface area contributed by atoms with Gasteiger partial charge in [-0.3, -0.25) is 48.3 Å². The fraction of sp³-hybridized carbons (Fsp3) is 0.375. The molecular formula is C48H59ClN12O8. The number of aliphatic imine (C=N–C) groups is 1. The smallest absolute Gasteiger partial charge is 0.245 e. The number of carbonyl (C=O) groups is 8. The van der Waals surface area contributed by atoms with E-state index in [1.54, 1.807) is 42.5 Å². The van der Waals surface area contributed by atoms with E-state index in [0.29, 0.717) is 29.1 Å². The summed E-state index contributed by atoms with van der Waals surface area (Å²) in [5.74, 6) is -5.50. The molecule has 366 valence electrons.